The van der Waals surface area contributed by atoms with Crippen molar-refractivity contribution in [2.75, 3.05) is 7.11 Å². The molecule has 0 unspecified atom stereocenters. The lowest BCUT2D eigenvalue weighted by atomic mass is 10.1. The van der Waals surface area contributed by atoms with Crippen molar-refractivity contribution in [1.29, 1.82) is 0 Å². The molecule has 0 spiro atoms. The molecule has 0 bridgehead atoms. The van der Waals surface area contributed by atoms with Gasteiger partial charge in [0.2, 0.25) is 0 Å². The number of aromatic nitrogens is 1. The van der Waals surface area contributed by atoms with Crippen LogP contribution in [0.3, 0.4) is 0 Å². The fraction of sp³-hybridized carbons (Fsp3) is 0.0476. The normalized spacial score (nSPS) is 10.4. The third kappa shape index (κ3) is 2.86. The molecule has 0 atom stereocenters. The standard InChI is InChI=1S/C21H13NO2S/c1-24-17-6-4-7-19-20(17)21(23)16-13-14(9-11-18(16)25-19)8-10-15-5-2-3-12-22-15/h2-7,9,11-13H,1H3. The highest BCUT2D eigenvalue weighted by molar-refractivity contribution is 7.24. The summed E-state index contributed by atoms with van der Waals surface area (Å²) >= 11 is 1.58. The maximum Gasteiger partial charge on any atom is 0.199 e. The molecule has 0 fully saturated rings. The van der Waals surface area contributed by atoms with Crippen LogP contribution in [0.5, 0.6) is 5.75 Å². The summed E-state index contributed by atoms with van der Waals surface area (Å²) in [5, 5.41) is 1.28. The van der Waals surface area contributed by atoms with Crippen LogP contribution in [-0.4, -0.2) is 12.1 Å². The molecule has 2 aromatic heterocycles. The Kier molecular flexibility index (Phi) is 3.93. The highest BCUT2D eigenvalue weighted by atomic mass is 32.1. The SMILES string of the molecule is COc1cccc2sc3ccc(C#Cc4ccccn4)cc3c(=O)c12. The number of benzene rings is 2. The van der Waals surface area contributed by atoms with E-state index in [1.165, 1.54) is 0 Å². The van der Waals surface area contributed by atoms with Crippen LogP contribution in [0.15, 0.2) is 65.6 Å². The topological polar surface area (TPSA) is 39.2 Å². The van der Waals surface area contributed by atoms with Crippen molar-refractivity contribution in [1.82, 2.24) is 4.98 Å². The Morgan fingerprint density at radius 1 is 1.00 bits per heavy atom. The van der Waals surface area contributed by atoms with Gasteiger partial charge in [0.05, 0.1) is 12.5 Å². The van der Waals surface area contributed by atoms with Gasteiger partial charge in [-0.15, -0.1) is 11.3 Å². The van der Waals surface area contributed by atoms with Crippen LogP contribution < -0.4 is 10.2 Å². The molecule has 0 saturated carbocycles. The lowest BCUT2D eigenvalue weighted by molar-refractivity contribution is 0.419. The molecule has 0 N–H and O–H groups in total. The van der Waals surface area contributed by atoms with Crippen molar-refractivity contribution < 1.29 is 4.74 Å². The molecular weight excluding hydrogens is 330 g/mol. The zero-order valence-corrected chi connectivity index (χ0v) is 14.3. The van der Waals surface area contributed by atoms with Gasteiger partial charge >= 0.3 is 0 Å². The van der Waals surface area contributed by atoms with E-state index in [4.69, 9.17) is 4.74 Å². The predicted octanol–water partition coefficient (Wildman–Crippen LogP) is 4.22. The Labute approximate surface area is 148 Å². The van der Waals surface area contributed by atoms with Gasteiger partial charge in [0, 0.05) is 26.5 Å². The number of fused-ring (bicyclic) bond motifs is 2. The van der Waals surface area contributed by atoms with Crippen molar-refractivity contribution in [2.24, 2.45) is 0 Å². The molecule has 0 radical (unpaired) electrons. The predicted molar refractivity (Wildman–Crippen MR) is 102 cm³/mol. The van der Waals surface area contributed by atoms with Gasteiger partial charge in [-0.25, -0.2) is 4.98 Å². The number of hydrogen-bond acceptors (Lipinski definition) is 4. The molecule has 4 aromatic rings. The minimum Gasteiger partial charge on any atom is -0.496 e. The van der Waals surface area contributed by atoms with Crippen LogP contribution in [-0.2, 0) is 0 Å². The van der Waals surface area contributed by atoms with Crippen molar-refractivity contribution in [2.45, 2.75) is 0 Å². The van der Waals surface area contributed by atoms with Gasteiger partial charge in [0.25, 0.3) is 0 Å². The van der Waals surface area contributed by atoms with E-state index in [2.05, 4.69) is 16.8 Å². The summed E-state index contributed by atoms with van der Waals surface area (Å²) in [6, 6.07) is 17.0. The van der Waals surface area contributed by atoms with Crippen LogP contribution in [0.25, 0.3) is 20.2 Å². The first-order chi connectivity index (χ1) is 12.3. The van der Waals surface area contributed by atoms with Gasteiger partial charge in [-0.1, -0.05) is 18.1 Å². The fourth-order valence-electron chi connectivity index (χ4n) is 2.69. The van der Waals surface area contributed by atoms with E-state index in [1.807, 2.05) is 54.6 Å². The van der Waals surface area contributed by atoms with Gasteiger partial charge in [-0.05, 0) is 48.4 Å². The summed E-state index contributed by atoms with van der Waals surface area (Å²) in [4.78, 5) is 17.1. The molecule has 0 amide bonds. The van der Waals surface area contributed by atoms with Crippen molar-refractivity contribution in [3.05, 3.63) is 82.3 Å². The molecule has 0 saturated heterocycles. The van der Waals surface area contributed by atoms with Gasteiger partial charge in [-0.2, -0.15) is 0 Å². The number of methoxy groups -OCH3 is 1. The van der Waals surface area contributed by atoms with E-state index in [0.717, 1.165) is 15.0 Å². The van der Waals surface area contributed by atoms with Crippen molar-refractivity contribution in [3.63, 3.8) is 0 Å². The zero-order chi connectivity index (χ0) is 17.2. The third-order valence-electron chi connectivity index (χ3n) is 3.88. The van der Waals surface area contributed by atoms with Crippen LogP contribution in [0.2, 0.25) is 0 Å². The maximum absolute atomic E-state index is 13.0. The summed E-state index contributed by atoms with van der Waals surface area (Å²) in [5.74, 6) is 6.70. The lowest BCUT2D eigenvalue weighted by Crippen LogP contribution is -2.03. The van der Waals surface area contributed by atoms with Crippen LogP contribution in [0.1, 0.15) is 11.3 Å². The first kappa shape index (κ1) is 15.4. The number of rotatable bonds is 1. The average molecular weight is 343 g/mol. The Hall–Kier alpha value is -3.16. The van der Waals surface area contributed by atoms with Crippen LogP contribution >= 0.6 is 11.3 Å². The molecule has 0 aliphatic rings. The molecule has 120 valence electrons. The van der Waals surface area contributed by atoms with E-state index in [1.54, 1.807) is 24.6 Å². The first-order valence-corrected chi connectivity index (χ1v) is 8.54. The molecule has 3 nitrogen and oxygen atoms in total. The third-order valence-corrected chi connectivity index (χ3v) is 5.01. The van der Waals surface area contributed by atoms with E-state index in [0.29, 0.717) is 22.2 Å². The molecular formula is C21H13NO2S. The molecule has 0 aliphatic heterocycles. The van der Waals surface area contributed by atoms with Gasteiger partial charge < -0.3 is 4.74 Å². The first-order valence-electron chi connectivity index (χ1n) is 7.73. The zero-order valence-electron chi connectivity index (χ0n) is 13.4. The second-order valence-corrected chi connectivity index (χ2v) is 6.52. The minimum absolute atomic E-state index is 0.0253. The van der Waals surface area contributed by atoms with Gasteiger partial charge in [-0.3, -0.25) is 4.79 Å². The largest absolute Gasteiger partial charge is 0.496 e. The molecule has 0 aliphatic carbocycles. The van der Waals surface area contributed by atoms with E-state index < -0.39 is 0 Å². The Balaban J connectivity index is 1.91. The monoisotopic (exact) mass is 343 g/mol. The van der Waals surface area contributed by atoms with Crippen LogP contribution in [0.4, 0.5) is 0 Å². The Morgan fingerprint density at radius 2 is 1.92 bits per heavy atom. The average Bonchev–Trinajstić information content (AvgIpc) is 2.67. The fourth-order valence-corrected chi connectivity index (χ4v) is 3.77. The molecule has 4 heteroatoms. The highest BCUT2D eigenvalue weighted by Crippen LogP contribution is 2.30. The van der Waals surface area contributed by atoms with Gasteiger partial charge in [0.1, 0.15) is 11.4 Å². The number of ether oxygens (including phenoxy) is 1. The molecule has 2 aromatic carbocycles. The number of nitrogens with zero attached hydrogens (tertiary/aromatic N) is 1. The summed E-state index contributed by atoms with van der Waals surface area (Å²) in [6.07, 6.45) is 1.71. The van der Waals surface area contributed by atoms with E-state index >= 15 is 0 Å². The van der Waals surface area contributed by atoms with E-state index in [9.17, 15) is 4.79 Å². The van der Waals surface area contributed by atoms with Crippen molar-refractivity contribution in [3.8, 4) is 17.6 Å². The second-order valence-electron chi connectivity index (χ2n) is 5.44. The summed E-state index contributed by atoms with van der Waals surface area (Å²) < 4.78 is 7.22. The Morgan fingerprint density at radius 3 is 2.72 bits per heavy atom. The summed E-state index contributed by atoms with van der Waals surface area (Å²) in [5.41, 5.74) is 1.47. The second kappa shape index (κ2) is 6.39. The maximum atomic E-state index is 13.0. The highest BCUT2D eigenvalue weighted by Gasteiger charge is 2.10. The minimum atomic E-state index is -0.0253. The quantitative estimate of drug-likeness (QED) is 0.384. The van der Waals surface area contributed by atoms with Gasteiger partial charge in [0.15, 0.2) is 5.43 Å². The lowest BCUT2D eigenvalue weighted by Gasteiger charge is -2.06. The molecule has 4 rings (SSSR count). The molecule has 25 heavy (non-hydrogen) atoms. The Bertz CT molecular complexity index is 1200. The smallest absolute Gasteiger partial charge is 0.199 e. The summed E-state index contributed by atoms with van der Waals surface area (Å²) in [7, 11) is 1.58. The van der Waals surface area contributed by atoms with E-state index in [-0.39, 0.29) is 5.43 Å². The number of hydrogen-bond donors (Lipinski definition) is 0. The van der Waals surface area contributed by atoms with Crippen molar-refractivity contribution >= 4 is 31.5 Å². The molecule has 2 heterocycles. The number of pyridine rings is 1. The summed E-state index contributed by atoms with van der Waals surface area (Å²) in [6.45, 7) is 0. The van der Waals surface area contributed by atoms with Crippen LogP contribution in [0, 0.1) is 11.8 Å².